The summed E-state index contributed by atoms with van der Waals surface area (Å²) in [5, 5.41) is 5.95. The summed E-state index contributed by atoms with van der Waals surface area (Å²) in [6.45, 7) is 4.71. The van der Waals surface area contributed by atoms with E-state index in [1.165, 1.54) is 48.1 Å². The summed E-state index contributed by atoms with van der Waals surface area (Å²) >= 11 is 5.40. The van der Waals surface area contributed by atoms with Crippen LogP contribution in [0.5, 0.6) is 0 Å². The molecular weight excluding hydrogens is 296 g/mol. The van der Waals surface area contributed by atoms with E-state index in [-0.39, 0.29) is 0 Å². The molecule has 1 saturated carbocycles. The molecule has 0 atom stereocenters. The van der Waals surface area contributed by atoms with E-state index in [4.69, 9.17) is 0 Å². The van der Waals surface area contributed by atoms with Gasteiger partial charge < -0.3 is 5.32 Å². The zero-order valence-corrected chi connectivity index (χ0v) is 12.4. The van der Waals surface area contributed by atoms with Crippen LogP contribution in [0.2, 0.25) is 0 Å². The number of nitrogens with one attached hydrogen (secondary N) is 1. The first kappa shape index (κ1) is 12.2. The van der Waals surface area contributed by atoms with Crippen LogP contribution in [0.3, 0.4) is 0 Å². The standard InChI is InChI=1S/C13H19BrN2S/c14-11-7-12(17-9-11)8-16-6-5-15-13(10-16)3-1-2-4-13/h7,9,15H,1-6,8,10H2. The molecule has 1 aromatic rings. The lowest BCUT2D eigenvalue weighted by molar-refractivity contribution is 0.130. The Kier molecular flexibility index (Phi) is 3.57. The maximum Gasteiger partial charge on any atom is 0.0329 e. The zero-order chi connectivity index (χ0) is 11.7. The monoisotopic (exact) mass is 314 g/mol. The van der Waals surface area contributed by atoms with Gasteiger partial charge in [0.25, 0.3) is 0 Å². The van der Waals surface area contributed by atoms with Gasteiger partial charge >= 0.3 is 0 Å². The number of hydrogen-bond donors (Lipinski definition) is 1. The van der Waals surface area contributed by atoms with Crippen molar-refractivity contribution >= 4 is 27.3 Å². The lowest BCUT2D eigenvalue weighted by Gasteiger charge is -2.41. The molecule has 0 unspecified atom stereocenters. The number of nitrogens with zero attached hydrogens (tertiary/aromatic N) is 1. The van der Waals surface area contributed by atoms with Crippen molar-refractivity contribution in [2.45, 2.75) is 37.8 Å². The van der Waals surface area contributed by atoms with Crippen LogP contribution in [0.15, 0.2) is 15.9 Å². The first-order valence-electron chi connectivity index (χ1n) is 6.46. The molecule has 0 bridgehead atoms. The van der Waals surface area contributed by atoms with Gasteiger partial charge in [-0.3, -0.25) is 4.90 Å². The maximum absolute atomic E-state index is 3.77. The van der Waals surface area contributed by atoms with Crippen LogP contribution in [0.25, 0.3) is 0 Å². The normalized spacial score (nSPS) is 24.5. The van der Waals surface area contributed by atoms with Crippen molar-refractivity contribution in [3.63, 3.8) is 0 Å². The highest BCUT2D eigenvalue weighted by molar-refractivity contribution is 9.10. The molecule has 94 valence electrons. The van der Waals surface area contributed by atoms with E-state index in [1.807, 2.05) is 11.3 Å². The summed E-state index contributed by atoms with van der Waals surface area (Å²) in [4.78, 5) is 4.10. The molecule has 1 aromatic heterocycles. The first-order chi connectivity index (χ1) is 8.26. The van der Waals surface area contributed by atoms with Crippen molar-refractivity contribution in [2.24, 2.45) is 0 Å². The maximum atomic E-state index is 3.77. The van der Waals surface area contributed by atoms with E-state index in [2.05, 4.69) is 37.6 Å². The van der Waals surface area contributed by atoms with E-state index in [0.29, 0.717) is 5.54 Å². The summed E-state index contributed by atoms with van der Waals surface area (Å²) in [5.74, 6) is 0. The van der Waals surface area contributed by atoms with Gasteiger partial charge in [0.05, 0.1) is 0 Å². The third-order valence-corrected chi connectivity index (χ3v) is 5.70. The number of halogens is 1. The quantitative estimate of drug-likeness (QED) is 0.901. The first-order valence-corrected chi connectivity index (χ1v) is 8.13. The van der Waals surface area contributed by atoms with Crippen molar-refractivity contribution in [2.75, 3.05) is 19.6 Å². The molecule has 1 spiro atoms. The van der Waals surface area contributed by atoms with E-state index >= 15 is 0 Å². The highest BCUT2D eigenvalue weighted by Gasteiger charge is 2.37. The van der Waals surface area contributed by atoms with Gasteiger partial charge in [0.2, 0.25) is 0 Å². The molecule has 2 nitrogen and oxygen atoms in total. The molecular formula is C13H19BrN2S. The van der Waals surface area contributed by atoms with Gasteiger partial charge in [-0.25, -0.2) is 0 Å². The number of piperazine rings is 1. The Morgan fingerprint density at radius 3 is 2.94 bits per heavy atom. The van der Waals surface area contributed by atoms with E-state index in [0.717, 1.165) is 13.1 Å². The lowest BCUT2D eigenvalue weighted by atomic mass is 9.94. The Morgan fingerprint density at radius 2 is 2.24 bits per heavy atom. The molecule has 1 saturated heterocycles. The molecule has 2 heterocycles. The highest BCUT2D eigenvalue weighted by atomic mass is 79.9. The van der Waals surface area contributed by atoms with Crippen LogP contribution < -0.4 is 5.32 Å². The topological polar surface area (TPSA) is 15.3 Å². The van der Waals surface area contributed by atoms with Gasteiger partial charge in [0.15, 0.2) is 0 Å². The van der Waals surface area contributed by atoms with Gasteiger partial charge in [-0.05, 0) is 34.8 Å². The van der Waals surface area contributed by atoms with Gasteiger partial charge in [0.1, 0.15) is 0 Å². The van der Waals surface area contributed by atoms with Crippen LogP contribution >= 0.6 is 27.3 Å². The molecule has 1 N–H and O–H groups in total. The molecule has 4 heteroatoms. The van der Waals surface area contributed by atoms with Crippen LogP contribution in [-0.2, 0) is 6.54 Å². The minimum Gasteiger partial charge on any atom is -0.309 e. The fraction of sp³-hybridized carbons (Fsp3) is 0.692. The molecule has 2 fully saturated rings. The van der Waals surface area contributed by atoms with Crippen molar-refractivity contribution in [1.82, 2.24) is 10.2 Å². The Balaban J connectivity index is 1.64. The predicted molar refractivity (Wildman–Crippen MR) is 76.5 cm³/mol. The van der Waals surface area contributed by atoms with Gasteiger partial charge in [-0.1, -0.05) is 12.8 Å². The third-order valence-electron chi connectivity index (χ3n) is 4.02. The summed E-state index contributed by atoms with van der Waals surface area (Å²) < 4.78 is 1.23. The van der Waals surface area contributed by atoms with Crippen LogP contribution in [0.1, 0.15) is 30.6 Å². The summed E-state index contributed by atoms with van der Waals surface area (Å²) in [5.41, 5.74) is 0.451. The molecule has 2 aliphatic rings. The van der Waals surface area contributed by atoms with Crippen LogP contribution in [0.4, 0.5) is 0 Å². The Hall–Kier alpha value is 0.1000. The van der Waals surface area contributed by atoms with E-state index < -0.39 is 0 Å². The molecule has 0 aromatic carbocycles. The Morgan fingerprint density at radius 1 is 1.41 bits per heavy atom. The lowest BCUT2D eigenvalue weighted by Crippen LogP contribution is -2.58. The van der Waals surface area contributed by atoms with E-state index in [1.54, 1.807) is 0 Å². The van der Waals surface area contributed by atoms with Crippen molar-refractivity contribution in [3.8, 4) is 0 Å². The second-order valence-electron chi connectivity index (χ2n) is 5.36. The van der Waals surface area contributed by atoms with Crippen molar-refractivity contribution in [1.29, 1.82) is 0 Å². The van der Waals surface area contributed by atoms with Gasteiger partial charge in [-0.15, -0.1) is 11.3 Å². The molecule has 17 heavy (non-hydrogen) atoms. The molecule has 1 aliphatic carbocycles. The largest absolute Gasteiger partial charge is 0.309 e. The molecule has 0 radical (unpaired) electrons. The molecule has 0 amide bonds. The van der Waals surface area contributed by atoms with Gasteiger partial charge in [-0.2, -0.15) is 0 Å². The molecule has 1 aliphatic heterocycles. The fourth-order valence-electron chi connectivity index (χ4n) is 3.22. The average molecular weight is 315 g/mol. The fourth-order valence-corrected chi connectivity index (χ4v) is 4.71. The second-order valence-corrected chi connectivity index (χ2v) is 7.27. The predicted octanol–water partition coefficient (Wildman–Crippen LogP) is 3.23. The second kappa shape index (κ2) is 5.00. The van der Waals surface area contributed by atoms with Crippen molar-refractivity contribution in [3.05, 3.63) is 20.8 Å². The third kappa shape index (κ3) is 2.75. The van der Waals surface area contributed by atoms with E-state index in [9.17, 15) is 0 Å². The highest BCUT2D eigenvalue weighted by Crippen LogP contribution is 2.32. The summed E-state index contributed by atoms with van der Waals surface area (Å²) in [6, 6.07) is 2.26. The summed E-state index contributed by atoms with van der Waals surface area (Å²) in [7, 11) is 0. The zero-order valence-electron chi connectivity index (χ0n) is 10.0. The number of rotatable bonds is 2. The summed E-state index contributed by atoms with van der Waals surface area (Å²) in [6.07, 6.45) is 5.56. The van der Waals surface area contributed by atoms with Gasteiger partial charge in [0, 0.05) is 46.4 Å². The smallest absolute Gasteiger partial charge is 0.0329 e. The minimum atomic E-state index is 0.451. The number of thiophene rings is 1. The average Bonchev–Trinajstić information content (AvgIpc) is 2.89. The van der Waals surface area contributed by atoms with Crippen LogP contribution in [0, 0.1) is 0 Å². The van der Waals surface area contributed by atoms with Crippen molar-refractivity contribution < 1.29 is 0 Å². The van der Waals surface area contributed by atoms with Crippen LogP contribution in [-0.4, -0.2) is 30.1 Å². The Bertz CT molecular complexity index is 385. The number of hydrogen-bond acceptors (Lipinski definition) is 3. The SMILES string of the molecule is Brc1csc(CN2CCNC3(CCCC3)C2)c1. The Labute approximate surface area is 116 Å². The molecule has 3 rings (SSSR count). The minimum absolute atomic E-state index is 0.451.